The third-order valence-electron chi connectivity index (χ3n) is 6.81. The number of likely N-dealkylation sites (tertiary alicyclic amines) is 2. The fraction of sp³-hybridized carbons (Fsp3) is 0.478. The number of sulfonamides is 2. The quantitative estimate of drug-likeness (QED) is 0.494. The lowest BCUT2D eigenvalue weighted by Crippen LogP contribution is -2.56. The Morgan fingerprint density at radius 1 is 1.03 bits per heavy atom. The zero-order valence-electron chi connectivity index (χ0n) is 20.6. The summed E-state index contributed by atoms with van der Waals surface area (Å²) in [7, 11) is -9.66. The highest BCUT2D eigenvalue weighted by Gasteiger charge is 2.47. The Bertz CT molecular complexity index is 1500. The van der Waals surface area contributed by atoms with E-state index in [4.69, 9.17) is 11.6 Å². The molecule has 2 fully saturated rings. The number of nitrogens with one attached hydrogen (secondary N) is 2. The largest absolute Gasteiger partial charge is 0.511 e. The van der Waals surface area contributed by atoms with Crippen molar-refractivity contribution in [2.45, 2.75) is 54.7 Å². The summed E-state index contributed by atoms with van der Waals surface area (Å²) in [5, 5.41) is 1.88. The molecule has 39 heavy (non-hydrogen) atoms. The minimum Gasteiger partial charge on any atom is -0.339 e. The Morgan fingerprint density at radius 2 is 1.69 bits per heavy atom. The molecule has 2 aliphatic rings. The van der Waals surface area contributed by atoms with Crippen LogP contribution in [-0.2, 0) is 29.6 Å². The van der Waals surface area contributed by atoms with Crippen LogP contribution in [0.2, 0.25) is 5.02 Å². The molecule has 2 amide bonds. The van der Waals surface area contributed by atoms with Gasteiger partial charge in [0.05, 0.1) is 4.90 Å². The maximum atomic E-state index is 13.1. The van der Waals surface area contributed by atoms with Gasteiger partial charge in [-0.05, 0) is 61.2 Å². The molecule has 3 atom stereocenters. The first-order valence-corrected chi connectivity index (χ1v) is 15.3. The normalized spacial score (nSPS) is 21.9. The summed E-state index contributed by atoms with van der Waals surface area (Å²) in [6.45, 7) is 1.41. The van der Waals surface area contributed by atoms with E-state index >= 15 is 0 Å². The average molecular weight is 611 g/mol. The molecule has 0 saturated carbocycles. The maximum Gasteiger partial charge on any atom is 0.511 e. The Balaban J connectivity index is 1.40. The minimum atomic E-state index is -5.58. The lowest BCUT2D eigenvalue weighted by atomic mass is 10.1. The summed E-state index contributed by atoms with van der Waals surface area (Å²) in [5.41, 5.74) is -5.47. The molecule has 2 heterocycles. The number of carbonyl (C=O) groups is 2. The van der Waals surface area contributed by atoms with Gasteiger partial charge in [0.2, 0.25) is 21.8 Å². The number of rotatable bonds is 7. The van der Waals surface area contributed by atoms with E-state index in [2.05, 4.69) is 4.72 Å². The van der Waals surface area contributed by atoms with Crippen molar-refractivity contribution >= 4 is 54.2 Å². The van der Waals surface area contributed by atoms with Gasteiger partial charge < -0.3 is 9.80 Å². The third kappa shape index (κ3) is 6.32. The first-order chi connectivity index (χ1) is 18.1. The van der Waals surface area contributed by atoms with Crippen molar-refractivity contribution in [3.63, 3.8) is 0 Å². The van der Waals surface area contributed by atoms with Crippen molar-refractivity contribution in [2.75, 3.05) is 19.6 Å². The standard InChI is InChI=1S/C23H26ClF3N4O6S2/c1-14(21(32)30-9-2-3-18(13-30)28-39(36,37)23(25,26)27)31-10-8-20(22(31)33)29-38(34,35)19-7-5-15-11-17(24)6-4-16(15)12-19/h4-7,11-12,14,18,20,28-29H,2-3,8-10,13H2,1H3. The number of carbonyl (C=O) groups excluding carboxylic acids is 2. The molecule has 2 saturated heterocycles. The van der Waals surface area contributed by atoms with E-state index in [-0.39, 0.29) is 43.8 Å². The van der Waals surface area contributed by atoms with Crippen molar-refractivity contribution in [3.8, 4) is 0 Å². The fourth-order valence-electron chi connectivity index (χ4n) is 4.77. The summed E-state index contributed by atoms with van der Waals surface area (Å²) < 4.78 is 91.1. The van der Waals surface area contributed by atoms with Crippen LogP contribution >= 0.6 is 11.6 Å². The zero-order chi connectivity index (χ0) is 28.8. The second-order valence-corrected chi connectivity index (χ2v) is 13.4. The highest BCUT2D eigenvalue weighted by molar-refractivity contribution is 7.90. The smallest absolute Gasteiger partial charge is 0.339 e. The highest BCUT2D eigenvalue weighted by Crippen LogP contribution is 2.26. The SMILES string of the molecule is CC(C(=O)N1CCCC(NS(=O)(=O)C(F)(F)F)C1)N1CCC(NS(=O)(=O)c2ccc3cc(Cl)ccc3c2)C1=O. The van der Waals surface area contributed by atoms with Crippen molar-refractivity contribution in [1.82, 2.24) is 19.2 Å². The van der Waals surface area contributed by atoms with Gasteiger partial charge in [0, 0.05) is 30.7 Å². The van der Waals surface area contributed by atoms with E-state index in [1.807, 2.05) is 0 Å². The van der Waals surface area contributed by atoms with Gasteiger partial charge in [-0.3, -0.25) is 9.59 Å². The summed E-state index contributed by atoms with van der Waals surface area (Å²) in [4.78, 5) is 28.5. The molecule has 0 radical (unpaired) electrons. The van der Waals surface area contributed by atoms with Gasteiger partial charge >= 0.3 is 15.5 Å². The van der Waals surface area contributed by atoms with Crippen LogP contribution in [0.4, 0.5) is 13.2 Å². The molecule has 3 unspecified atom stereocenters. The van der Waals surface area contributed by atoms with Crippen LogP contribution < -0.4 is 9.44 Å². The molecule has 2 N–H and O–H groups in total. The van der Waals surface area contributed by atoms with Crippen molar-refractivity contribution in [1.29, 1.82) is 0 Å². The Hall–Kier alpha value is -2.46. The monoisotopic (exact) mass is 610 g/mol. The fourth-order valence-corrected chi connectivity index (χ4v) is 6.97. The molecule has 0 aliphatic carbocycles. The summed E-state index contributed by atoms with van der Waals surface area (Å²) >= 11 is 5.97. The summed E-state index contributed by atoms with van der Waals surface area (Å²) in [6, 6.07) is 6.16. The molecule has 2 aromatic carbocycles. The van der Waals surface area contributed by atoms with Crippen LogP contribution in [0.3, 0.4) is 0 Å². The summed E-state index contributed by atoms with van der Waals surface area (Å²) in [5.74, 6) is -1.19. The summed E-state index contributed by atoms with van der Waals surface area (Å²) in [6.07, 6.45) is 0.479. The first-order valence-electron chi connectivity index (χ1n) is 12.0. The number of piperidine rings is 1. The molecule has 4 rings (SSSR count). The topological polar surface area (TPSA) is 133 Å². The van der Waals surface area contributed by atoms with Gasteiger partial charge in [-0.15, -0.1) is 0 Å². The van der Waals surface area contributed by atoms with E-state index in [0.29, 0.717) is 10.4 Å². The number of fused-ring (bicyclic) bond motifs is 1. The van der Waals surface area contributed by atoms with Crippen LogP contribution in [0.5, 0.6) is 0 Å². The van der Waals surface area contributed by atoms with E-state index in [9.17, 15) is 39.6 Å². The van der Waals surface area contributed by atoms with Gasteiger partial charge in [0.1, 0.15) is 12.1 Å². The zero-order valence-corrected chi connectivity index (χ0v) is 23.0. The molecular formula is C23H26ClF3N4O6S2. The number of alkyl halides is 3. The molecular weight excluding hydrogens is 585 g/mol. The van der Waals surface area contributed by atoms with Gasteiger partial charge in [0.15, 0.2) is 0 Å². The second-order valence-electron chi connectivity index (χ2n) is 9.51. The van der Waals surface area contributed by atoms with E-state index in [1.165, 1.54) is 28.9 Å². The molecule has 2 aromatic rings. The Labute approximate surface area is 228 Å². The van der Waals surface area contributed by atoms with Crippen LogP contribution in [0.15, 0.2) is 41.3 Å². The molecule has 0 bridgehead atoms. The van der Waals surface area contributed by atoms with Crippen LogP contribution in [0.25, 0.3) is 10.8 Å². The van der Waals surface area contributed by atoms with Crippen molar-refractivity contribution in [2.24, 2.45) is 0 Å². The highest BCUT2D eigenvalue weighted by atomic mass is 35.5. The van der Waals surface area contributed by atoms with Gasteiger partial charge in [0.25, 0.3) is 0 Å². The van der Waals surface area contributed by atoms with E-state index in [1.54, 1.807) is 29.0 Å². The van der Waals surface area contributed by atoms with Crippen molar-refractivity contribution in [3.05, 3.63) is 41.4 Å². The van der Waals surface area contributed by atoms with Gasteiger partial charge in [-0.1, -0.05) is 23.7 Å². The molecule has 0 spiro atoms. The Morgan fingerprint density at radius 3 is 2.38 bits per heavy atom. The number of halogens is 4. The Kier molecular flexibility index (Phi) is 8.21. The predicted molar refractivity (Wildman–Crippen MR) is 137 cm³/mol. The van der Waals surface area contributed by atoms with E-state index < -0.39 is 55.5 Å². The number of nitrogens with zero attached hydrogens (tertiary/aromatic N) is 2. The van der Waals surface area contributed by atoms with Gasteiger partial charge in [-0.25, -0.2) is 21.6 Å². The molecule has 10 nitrogen and oxygen atoms in total. The maximum absolute atomic E-state index is 13.1. The van der Waals surface area contributed by atoms with Crippen LogP contribution in [-0.4, -0.2) is 81.7 Å². The molecule has 0 aromatic heterocycles. The minimum absolute atomic E-state index is 0.0478. The lowest BCUT2D eigenvalue weighted by molar-refractivity contribution is -0.144. The second kappa shape index (κ2) is 10.8. The first kappa shape index (κ1) is 29.5. The number of hydrogen-bond acceptors (Lipinski definition) is 6. The number of hydrogen-bond donors (Lipinski definition) is 2. The average Bonchev–Trinajstić information content (AvgIpc) is 3.21. The molecule has 2 aliphatic heterocycles. The van der Waals surface area contributed by atoms with Crippen LogP contribution in [0.1, 0.15) is 26.2 Å². The van der Waals surface area contributed by atoms with Crippen molar-refractivity contribution < 1.29 is 39.6 Å². The number of amides is 2. The predicted octanol–water partition coefficient (Wildman–Crippen LogP) is 2.19. The lowest BCUT2D eigenvalue weighted by Gasteiger charge is -2.36. The molecule has 16 heteroatoms. The van der Waals surface area contributed by atoms with Crippen LogP contribution in [0, 0.1) is 0 Å². The number of benzene rings is 2. The van der Waals surface area contributed by atoms with E-state index in [0.717, 1.165) is 5.39 Å². The molecule has 214 valence electrons. The van der Waals surface area contributed by atoms with Gasteiger partial charge in [-0.2, -0.15) is 17.9 Å². The third-order valence-corrected chi connectivity index (χ3v) is 9.76.